The van der Waals surface area contributed by atoms with Gasteiger partial charge < -0.3 is 10.2 Å². The van der Waals surface area contributed by atoms with Crippen LogP contribution in [0, 0.1) is 6.92 Å². The van der Waals surface area contributed by atoms with Crippen LogP contribution in [-0.4, -0.2) is 50.3 Å². The minimum Gasteiger partial charge on any atom is -0.352 e. The predicted molar refractivity (Wildman–Crippen MR) is 168 cm³/mol. The number of hydrogen-bond acceptors (Lipinski definition) is 4. The van der Waals surface area contributed by atoms with Crippen LogP contribution in [-0.2, 0) is 26.0 Å². The number of carbonyl (C=O) groups is 2. The number of nitrogens with one attached hydrogen (secondary N) is 1. The number of anilines is 1. The monoisotopic (exact) mass is 609 g/mol. The van der Waals surface area contributed by atoms with Crippen LogP contribution in [0.3, 0.4) is 0 Å². The van der Waals surface area contributed by atoms with Crippen molar-refractivity contribution in [3.05, 3.63) is 95.0 Å². The Kier molecular flexibility index (Phi) is 11.0. The molecular weight excluding hydrogens is 570 g/mol. The molecule has 1 aliphatic carbocycles. The van der Waals surface area contributed by atoms with Gasteiger partial charge in [-0.1, -0.05) is 97.9 Å². The van der Waals surface area contributed by atoms with Gasteiger partial charge in [0.1, 0.15) is 12.6 Å². The first kappa shape index (κ1) is 31.6. The number of carbonyl (C=O) groups excluding carboxylic acids is 2. The second-order valence-electron chi connectivity index (χ2n) is 10.9. The van der Waals surface area contributed by atoms with Crippen LogP contribution >= 0.6 is 11.6 Å². The van der Waals surface area contributed by atoms with Crippen LogP contribution in [0.5, 0.6) is 0 Å². The second-order valence-corrected chi connectivity index (χ2v) is 13.1. The third-order valence-electron chi connectivity index (χ3n) is 7.83. The molecule has 42 heavy (non-hydrogen) atoms. The average molecular weight is 610 g/mol. The fourth-order valence-corrected chi connectivity index (χ4v) is 7.17. The number of benzene rings is 3. The molecule has 0 saturated heterocycles. The first-order valence-corrected chi connectivity index (χ1v) is 16.5. The molecule has 9 heteroatoms. The summed E-state index contributed by atoms with van der Waals surface area (Å²) in [7, 11) is -4.16. The lowest BCUT2D eigenvalue weighted by atomic mass is 9.95. The Labute approximate surface area is 254 Å². The van der Waals surface area contributed by atoms with E-state index in [1.54, 1.807) is 41.3 Å². The third-order valence-corrected chi connectivity index (χ3v) is 9.92. The molecule has 0 heterocycles. The second kappa shape index (κ2) is 14.7. The lowest BCUT2D eigenvalue weighted by Crippen LogP contribution is -2.54. The zero-order valence-electron chi connectivity index (χ0n) is 24.3. The highest BCUT2D eigenvalue weighted by molar-refractivity contribution is 7.92. The quantitative estimate of drug-likeness (QED) is 0.267. The molecule has 0 bridgehead atoms. The smallest absolute Gasteiger partial charge is 0.264 e. The Hall–Kier alpha value is -3.36. The Balaban J connectivity index is 1.67. The van der Waals surface area contributed by atoms with Crippen molar-refractivity contribution in [3.8, 4) is 0 Å². The van der Waals surface area contributed by atoms with E-state index in [1.807, 2.05) is 44.2 Å². The van der Waals surface area contributed by atoms with Crippen molar-refractivity contribution in [2.45, 2.75) is 75.8 Å². The minimum absolute atomic E-state index is 0.0544. The van der Waals surface area contributed by atoms with Crippen LogP contribution in [0.25, 0.3) is 0 Å². The topological polar surface area (TPSA) is 86.8 Å². The number of sulfonamides is 1. The first-order valence-electron chi connectivity index (χ1n) is 14.7. The van der Waals surface area contributed by atoms with E-state index in [2.05, 4.69) is 5.32 Å². The van der Waals surface area contributed by atoms with Gasteiger partial charge in [-0.05, 0) is 62.4 Å². The number of aryl methyl sites for hydroxylation is 1. The molecule has 0 unspecified atom stereocenters. The molecule has 4 rings (SSSR count). The van der Waals surface area contributed by atoms with Crippen molar-refractivity contribution < 1.29 is 18.0 Å². The maximum Gasteiger partial charge on any atom is 0.264 e. The van der Waals surface area contributed by atoms with Crippen LogP contribution in [0.2, 0.25) is 5.02 Å². The predicted octanol–water partition coefficient (Wildman–Crippen LogP) is 6.14. The van der Waals surface area contributed by atoms with Crippen molar-refractivity contribution in [2.75, 3.05) is 17.4 Å². The number of amides is 2. The third kappa shape index (κ3) is 7.92. The lowest BCUT2D eigenvalue weighted by molar-refractivity contribution is -0.140. The van der Waals surface area contributed by atoms with E-state index in [-0.39, 0.29) is 34.1 Å². The molecule has 7 nitrogen and oxygen atoms in total. The molecule has 1 N–H and O–H groups in total. The van der Waals surface area contributed by atoms with Gasteiger partial charge in [0.2, 0.25) is 11.8 Å². The van der Waals surface area contributed by atoms with Gasteiger partial charge in [-0.25, -0.2) is 8.42 Å². The standard InChI is InChI=1S/C33H40ClN3O4S/c1-3-30(33(39)35-27-14-8-5-9-15-27)36(23-22-26-12-6-4-7-13-26)32(38)24-37(31-17-11-10-16-29(31)34)42(40,41)28-20-18-25(2)19-21-28/h4,6-7,10-13,16-21,27,30H,3,5,8-9,14-15,22-24H2,1-2H3,(H,35,39)/t30-/m0/s1. The SMILES string of the molecule is CC[C@@H](C(=O)NC1CCCCC1)N(CCc1ccccc1)C(=O)CN(c1ccccc1Cl)S(=O)(=O)c1ccc(C)cc1. The summed E-state index contributed by atoms with van der Waals surface area (Å²) in [5.41, 5.74) is 2.14. The molecule has 0 spiro atoms. The highest BCUT2D eigenvalue weighted by Gasteiger charge is 2.34. The number of para-hydroxylation sites is 1. The van der Waals surface area contributed by atoms with Crippen LogP contribution < -0.4 is 9.62 Å². The normalized spacial score (nSPS) is 14.6. The molecule has 0 radical (unpaired) electrons. The largest absolute Gasteiger partial charge is 0.352 e. The number of rotatable bonds is 12. The van der Waals surface area contributed by atoms with Gasteiger partial charge in [0.25, 0.3) is 10.0 Å². The van der Waals surface area contributed by atoms with Crippen molar-refractivity contribution in [1.82, 2.24) is 10.2 Å². The lowest BCUT2D eigenvalue weighted by Gasteiger charge is -2.34. The van der Waals surface area contributed by atoms with Gasteiger partial charge in [-0.3, -0.25) is 13.9 Å². The van der Waals surface area contributed by atoms with Crippen molar-refractivity contribution in [3.63, 3.8) is 0 Å². The zero-order valence-corrected chi connectivity index (χ0v) is 25.9. The van der Waals surface area contributed by atoms with Gasteiger partial charge in [0, 0.05) is 12.6 Å². The number of halogens is 1. The molecule has 3 aromatic carbocycles. The molecule has 3 aromatic rings. The molecule has 0 aromatic heterocycles. The van der Waals surface area contributed by atoms with E-state index in [1.165, 1.54) is 18.6 Å². The summed E-state index contributed by atoms with van der Waals surface area (Å²) >= 11 is 6.50. The van der Waals surface area contributed by atoms with Crippen LogP contribution in [0.1, 0.15) is 56.6 Å². The first-order chi connectivity index (χ1) is 20.2. The molecule has 2 amide bonds. The van der Waals surface area contributed by atoms with E-state index in [0.29, 0.717) is 12.8 Å². The van der Waals surface area contributed by atoms with Crippen molar-refractivity contribution in [1.29, 1.82) is 0 Å². The Morgan fingerprint density at radius 2 is 1.57 bits per heavy atom. The average Bonchev–Trinajstić information content (AvgIpc) is 2.99. The fourth-order valence-electron chi connectivity index (χ4n) is 5.44. The molecule has 1 fully saturated rings. The van der Waals surface area contributed by atoms with E-state index in [4.69, 9.17) is 11.6 Å². The highest BCUT2D eigenvalue weighted by atomic mass is 35.5. The van der Waals surface area contributed by atoms with E-state index < -0.39 is 28.5 Å². The van der Waals surface area contributed by atoms with Gasteiger partial charge in [0.15, 0.2) is 0 Å². The maximum atomic E-state index is 14.2. The van der Waals surface area contributed by atoms with Crippen molar-refractivity contribution in [2.24, 2.45) is 0 Å². The van der Waals surface area contributed by atoms with E-state index in [9.17, 15) is 18.0 Å². The molecule has 1 atom stereocenters. The molecule has 224 valence electrons. The van der Waals surface area contributed by atoms with E-state index >= 15 is 0 Å². The summed E-state index contributed by atoms with van der Waals surface area (Å²) in [5.74, 6) is -0.663. The molecular formula is C33H40ClN3O4S. The van der Waals surface area contributed by atoms with Gasteiger partial charge in [0.05, 0.1) is 15.6 Å². The van der Waals surface area contributed by atoms with Gasteiger partial charge in [-0.2, -0.15) is 0 Å². The maximum absolute atomic E-state index is 14.2. The van der Waals surface area contributed by atoms with Gasteiger partial charge >= 0.3 is 0 Å². The summed E-state index contributed by atoms with van der Waals surface area (Å²) in [4.78, 5) is 29.4. The summed E-state index contributed by atoms with van der Waals surface area (Å²) in [6.07, 6.45) is 6.08. The Morgan fingerprint density at radius 3 is 2.21 bits per heavy atom. The number of hydrogen-bond donors (Lipinski definition) is 1. The molecule has 1 saturated carbocycles. The summed E-state index contributed by atoms with van der Waals surface area (Å²) in [6, 6.07) is 22.2. The summed E-state index contributed by atoms with van der Waals surface area (Å²) < 4.78 is 29.0. The van der Waals surface area contributed by atoms with E-state index in [0.717, 1.165) is 41.1 Å². The van der Waals surface area contributed by atoms with Crippen LogP contribution in [0.4, 0.5) is 5.69 Å². The Bertz CT molecular complexity index is 1440. The zero-order chi connectivity index (χ0) is 30.1. The minimum atomic E-state index is -4.16. The fraction of sp³-hybridized carbons (Fsp3) is 0.394. The molecule has 0 aliphatic heterocycles. The Morgan fingerprint density at radius 1 is 0.929 bits per heavy atom. The van der Waals surface area contributed by atoms with Crippen LogP contribution in [0.15, 0.2) is 83.8 Å². The van der Waals surface area contributed by atoms with Gasteiger partial charge in [-0.15, -0.1) is 0 Å². The van der Waals surface area contributed by atoms with Crippen molar-refractivity contribution >= 4 is 39.1 Å². The number of nitrogens with zero attached hydrogens (tertiary/aromatic N) is 2. The summed E-state index contributed by atoms with van der Waals surface area (Å²) in [5, 5.41) is 3.38. The highest BCUT2D eigenvalue weighted by Crippen LogP contribution is 2.31. The molecule has 1 aliphatic rings. The summed E-state index contributed by atoms with van der Waals surface area (Å²) in [6.45, 7) is 3.52.